The number of hydrogen-bond donors (Lipinski definition) is 2. The van der Waals surface area contributed by atoms with Crippen molar-refractivity contribution in [2.75, 3.05) is 19.5 Å². The summed E-state index contributed by atoms with van der Waals surface area (Å²) in [6.45, 7) is 0. The van der Waals surface area contributed by atoms with Crippen LogP contribution in [0, 0.1) is 0 Å². The molecule has 122 valence electrons. The Kier molecular flexibility index (Phi) is 4.47. The van der Waals surface area contributed by atoms with Crippen LogP contribution in [0.1, 0.15) is 10.4 Å². The summed E-state index contributed by atoms with van der Waals surface area (Å²) in [6, 6.07) is 16.6. The Bertz CT molecular complexity index is 844. The molecule has 6 nitrogen and oxygen atoms in total. The van der Waals surface area contributed by atoms with Gasteiger partial charge in [0.1, 0.15) is 11.5 Å². The summed E-state index contributed by atoms with van der Waals surface area (Å²) in [5.74, 6) is 1.19. The topological polar surface area (TPSA) is 76.2 Å². The van der Waals surface area contributed by atoms with E-state index in [1.807, 2.05) is 30.3 Å². The Hall–Kier alpha value is -3.28. The maximum Gasteiger partial charge on any atom is 0.260 e. The molecule has 0 aliphatic rings. The van der Waals surface area contributed by atoms with Gasteiger partial charge < -0.3 is 14.8 Å². The van der Waals surface area contributed by atoms with Crippen LogP contribution in [0.15, 0.2) is 54.6 Å². The van der Waals surface area contributed by atoms with Crippen LogP contribution in [0.25, 0.3) is 11.3 Å². The number of carbonyl (C=O) groups is 1. The number of nitrogens with one attached hydrogen (secondary N) is 2. The maximum absolute atomic E-state index is 12.5. The number of aromatic nitrogens is 2. The first-order chi connectivity index (χ1) is 11.7. The Labute approximate surface area is 139 Å². The number of ether oxygens (including phenoxy) is 2. The molecule has 0 aliphatic heterocycles. The maximum atomic E-state index is 12.5. The number of H-pyrrole nitrogens is 1. The monoisotopic (exact) mass is 323 g/mol. The second-order valence-corrected chi connectivity index (χ2v) is 5.05. The van der Waals surface area contributed by atoms with Gasteiger partial charge in [-0.15, -0.1) is 0 Å². The van der Waals surface area contributed by atoms with Gasteiger partial charge in [-0.05, 0) is 17.7 Å². The summed E-state index contributed by atoms with van der Waals surface area (Å²) < 4.78 is 10.4. The molecule has 2 aromatic carbocycles. The van der Waals surface area contributed by atoms with Crippen molar-refractivity contribution >= 4 is 11.7 Å². The van der Waals surface area contributed by atoms with Crippen molar-refractivity contribution in [3.63, 3.8) is 0 Å². The highest BCUT2D eigenvalue weighted by Gasteiger charge is 2.15. The van der Waals surface area contributed by atoms with Gasteiger partial charge in [-0.1, -0.05) is 30.3 Å². The van der Waals surface area contributed by atoms with Gasteiger partial charge in [-0.2, -0.15) is 5.10 Å². The fourth-order valence-corrected chi connectivity index (χ4v) is 2.32. The van der Waals surface area contributed by atoms with E-state index in [9.17, 15) is 4.79 Å². The predicted molar refractivity (Wildman–Crippen MR) is 91.5 cm³/mol. The molecule has 0 saturated heterocycles. The van der Waals surface area contributed by atoms with Gasteiger partial charge in [0, 0.05) is 12.1 Å². The number of carbonyl (C=O) groups excluding carboxylic acids is 1. The third-order valence-electron chi connectivity index (χ3n) is 3.56. The Morgan fingerprint density at radius 2 is 1.83 bits per heavy atom. The van der Waals surface area contributed by atoms with E-state index in [1.165, 1.54) is 7.11 Å². The fourth-order valence-electron chi connectivity index (χ4n) is 2.32. The molecule has 3 rings (SSSR count). The van der Waals surface area contributed by atoms with Crippen LogP contribution in [0.3, 0.4) is 0 Å². The SMILES string of the molecule is COc1ccc(C(=O)Nc2cc(-c3ccccc3)[nH]n2)c(OC)c1. The lowest BCUT2D eigenvalue weighted by Crippen LogP contribution is -2.13. The molecule has 0 unspecified atom stereocenters. The van der Waals surface area contributed by atoms with E-state index in [0.29, 0.717) is 22.9 Å². The molecular weight excluding hydrogens is 306 g/mol. The lowest BCUT2D eigenvalue weighted by atomic mass is 10.1. The van der Waals surface area contributed by atoms with Gasteiger partial charge in [0.2, 0.25) is 0 Å². The van der Waals surface area contributed by atoms with Crippen LogP contribution >= 0.6 is 0 Å². The molecule has 0 aliphatic carbocycles. The standard InChI is InChI=1S/C18H17N3O3/c1-23-13-8-9-14(16(10-13)24-2)18(22)19-17-11-15(20-21-17)12-6-4-3-5-7-12/h3-11H,1-2H3,(H2,19,20,21,22). The highest BCUT2D eigenvalue weighted by atomic mass is 16.5. The molecule has 0 radical (unpaired) electrons. The normalized spacial score (nSPS) is 10.2. The molecule has 1 aromatic heterocycles. The van der Waals surface area contributed by atoms with Gasteiger partial charge in [0.25, 0.3) is 5.91 Å². The van der Waals surface area contributed by atoms with E-state index >= 15 is 0 Å². The first-order valence-corrected chi connectivity index (χ1v) is 7.35. The zero-order chi connectivity index (χ0) is 16.9. The van der Waals surface area contributed by atoms with Crippen molar-refractivity contribution in [2.45, 2.75) is 0 Å². The zero-order valence-electron chi connectivity index (χ0n) is 13.4. The van der Waals surface area contributed by atoms with Gasteiger partial charge in [0.15, 0.2) is 5.82 Å². The second-order valence-electron chi connectivity index (χ2n) is 5.05. The number of hydrogen-bond acceptors (Lipinski definition) is 4. The van der Waals surface area contributed by atoms with E-state index < -0.39 is 0 Å². The van der Waals surface area contributed by atoms with Crippen molar-refractivity contribution in [3.05, 3.63) is 60.2 Å². The Morgan fingerprint density at radius 3 is 2.54 bits per heavy atom. The van der Waals surface area contributed by atoms with Crippen molar-refractivity contribution in [3.8, 4) is 22.8 Å². The average molecular weight is 323 g/mol. The highest BCUT2D eigenvalue weighted by molar-refractivity contribution is 6.06. The number of benzene rings is 2. The molecule has 6 heteroatoms. The van der Waals surface area contributed by atoms with Crippen molar-refractivity contribution in [1.29, 1.82) is 0 Å². The minimum Gasteiger partial charge on any atom is -0.497 e. The van der Waals surface area contributed by atoms with E-state index in [4.69, 9.17) is 9.47 Å². The molecule has 1 heterocycles. The molecule has 3 aromatic rings. The molecule has 0 fully saturated rings. The highest BCUT2D eigenvalue weighted by Crippen LogP contribution is 2.26. The van der Waals surface area contributed by atoms with Gasteiger partial charge in [-0.3, -0.25) is 9.89 Å². The van der Waals surface area contributed by atoms with Crippen molar-refractivity contribution in [1.82, 2.24) is 10.2 Å². The summed E-state index contributed by atoms with van der Waals surface area (Å²) in [6.07, 6.45) is 0. The largest absolute Gasteiger partial charge is 0.497 e. The summed E-state index contributed by atoms with van der Waals surface area (Å²) in [5.41, 5.74) is 2.22. The Morgan fingerprint density at radius 1 is 1.04 bits per heavy atom. The van der Waals surface area contributed by atoms with Crippen molar-refractivity contribution < 1.29 is 14.3 Å². The molecule has 2 N–H and O–H groups in total. The molecule has 0 atom stereocenters. The van der Waals surface area contributed by atoms with Crippen LogP contribution < -0.4 is 14.8 Å². The number of amides is 1. The van der Waals surface area contributed by atoms with Crippen LogP contribution in [-0.2, 0) is 0 Å². The third-order valence-corrected chi connectivity index (χ3v) is 3.56. The van der Waals surface area contributed by atoms with E-state index in [0.717, 1.165) is 11.3 Å². The zero-order valence-corrected chi connectivity index (χ0v) is 13.4. The molecule has 1 amide bonds. The molecular formula is C18H17N3O3. The number of anilines is 1. The molecule has 0 spiro atoms. The molecule has 0 saturated carbocycles. The van der Waals surface area contributed by atoms with Gasteiger partial charge in [0.05, 0.1) is 25.5 Å². The first kappa shape index (κ1) is 15.6. The third kappa shape index (κ3) is 3.22. The van der Waals surface area contributed by atoms with E-state index in [2.05, 4.69) is 15.5 Å². The minimum absolute atomic E-state index is 0.305. The fraction of sp³-hybridized carbons (Fsp3) is 0.111. The number of methoxy groups -OCH3 is 2. The Balaban J connectivity index is 1.79. The molecule has 0 bridgehead atoms. The van der Waals surface area contributed by atoms with Gasteiger partial charge >= 0.3 is 0 Å². The summed E-state index contributed by atoms with van der Waals surface area (Å²) >= 11 is 0. The van der Waals surface area contributed by atoms with E-state index in [1.54, 1.807) is 31.4 Å². The summed E-state index contributed by atoms with van der Waals surface area (Å²) in [7, 11) is 3.07. The number of nitrogens with zero attached hydrogens (tertiary/aromatic N) is 1. The first-order valence-electron chi connectivity index (χ1n) is 7.35. The number of rotatable bonds is 5. The molecule has 24 heavy (non-hydrogen) atoms. The quantitative estimate of drug-likeness (QED) is 0.755. The van der Waals surface area contributed by atoms with Crippen molar-refractivity contribution in [2.24, 2.45) is 0 Å². The van der Waals surface area contributed by atoms with Crippen LogP contribution in [0.4, 0.5) is 5.82 Å². The smallest absolute Gasteiger partial charge is 0.260 e. The van der Waals surface area contributed by atoms with Crippen LogP contribution in [0.2, 0.25) is 0 Å². The summed E-state index contributed by atoms with van der Waals surface area (Å²) in [5, 5.41) is 9.79. The van der Waals surface area contributed by atoms with E-state index in [-0.39, 0.29) is 5.91 Å². The van der Waals surface area contributed by atoms with Crippen LogP contribution in [-0.4, -0.2) is 30.3 Å². The van der Waals surface area contributed by atoms with Gasteiger partial charge in [-0.25, -0.2) is 0 Å². The summed E-state index contributed by atoms with van der Waals surface area (Å²) in [4.78, 5) is 12.5. The minimum atomic E-state index is -0.305. The lowest BCUT2D eigenvalue weighted by Gasteiger charge is -2.09. The lowest BCUT2D eigenvalue weighted by molar-refractivity contribution is 0.102. The predicted octanol–water partition coefficient (Wildman–Crippen LogP) is 3.35. The average Bonchev–Trinajstić information content (AvgIpc) is 3.10. The van der Waals surface area contributed by atoms with Crippen LogP contribution in [0.5, 0.6) is 11.5 Å². The second kappa shape index (κ2) is 6.87. The number of aromatic amines is 1.